The Hall–Kier alpha value is -0.200. The zero-order valence-corrected chi connectivity index (χ0v) is 4.92. The van der Waals surface area contributed by atoms with Crippen molar-refractivity contribution in [3.8, 4) is 0 Å². The van der Waals surface area contributed by atoms with Crippen LogP contribution in [0.15, 0.2) is 0 Å². The highest BCUT2D eigenvalue weighted by atomic mass is 17.0. The average Bonchev–Trinajstić information content (AvgIpc) is 1.67. The van der Waals surface area contributed by atoms with Crippen LogP contribution in [0.5, 0.6) is 0 Å². The van der Waals surface area contributed by atoms with Crippen LogP contribution in [0, 0.1) is 5.21 Å². The van der Waals surface area contributed by atoms with Gasteiger partial charge in [-0.25, -0.2) is 10.2 Å². The van der Waals surface area contributed by atoms with E-state index in [0.29, 0.717) is 0 Å². The van der Waals surface area contributed by atoms with E-state index in [4.69, 9.17) is 5.73 Å². The number of hydrogen-bond acceptors (Lipinski definition) is 5. The lowest BCUT2D eigenvalue weighted by atomic mass is 10.6. The van der Waals surface area contributed by atoms with Gasteiger partial charge in [-0.2, -0.15) is 5.48 Å². The summed E-state index contributed by atoms with van der Waals surface area (Å²) >= 11 is 0. The van der Waals surface area contributed by atoms with Crippen LogP contribution in [-0.4, -0.2) is 18.4 Å². The molecule has 8 heavy (non-hydrogen) atoms. The van der Waals surface area contributed by atoms with Gasteiger partial charge >= 0.3 is 0 Å². The van der Waals surface area contributed by atoms with Crippen molar-refractivity contribution in [2.75, 3.05) is 7.05 Å². The van der Waals surface area contributed by atoms with Crippen LogP contribution < -0.4 is 11.2 Å². The molecule has 0 aromatic carbocycles. The van der Waals surface area contributed by atoms with Gasteiger partial charge in [0.1, 0.15) is 0 Å². The van der Waals surface area contributed by atoms with Crippen molar-refractivity contribution in [1.82, 2.24) is 10.7 Å². The predicted molar refractivity (Wildman–Crippen MR) is 29.0 cm³/mol. The van der Waals surface area contributed by atoms with Crippen molar-refractivity contribution >= 4 is 0 Å². The summed E-state index contributed by atoms with van der Waals surface area (Å²) in [6.45, 7) is 1.52. The Morgan fingerprint density at radius 3 is 2.50 bits per heavy atom. The Morgan fingerprint density at radius 1 is 1.88 bits per heavy atom. The van der Waals surface area contributed by atoms with Gasteiger partial charge in [-0.05, 0) is 6.92 Å². The molecule has 0 saturated heterocycles. The second-order valence-corrected chi connectivity index (χ2v) is 1.32. The number of hydroxylamine groups is 3. The molecule has 50 valence electrons. The first-order valence-electron chi connectivity index (χ1n) is 2.24. The van der Waals surface area contributed by atoms with E-state index in [-0.39, 0.29) is 5.23 Å². The smallest absolute Gasteiger partial charge is 0.0674 e. The fraction of sp³-hybridized carbons (Fsp3) is 1.00. The van der Waals surface area contributed by atoms with E-state index >= 15 is 0 Å². The van der Waals surface area contributed by atoms with Crippen LogP contribution in [0.2, 0.25) is 0 Å². The second kappa shape index (κ2) is 3.76. The summed E-state index contributed by atoms with van der Waals surface area (Å²) in [6.07, 6.45) is -0.637. The SMILES string of the molecule is CNON([O-])C(C)N. The zero-order chi connectivity index (χ0) is 6.57. The lowest BCUT2D eigenvalue weighted by Gasteiger charge is -2.28. The lowest BCUT2D eigenvalue weighted by Crippen LogP contribution is -2.37. The van der Waals surface area contributed by atoms with Gasteiger partial charge in [0, 0.05) is 7.05 Å². The molecule has 0 aliphatic rings. The molecule has 0 bridgehead atoms. The first kappa shape index (κ1) is 7.80. The molecule has 5 heteroatoms. The molecular weight excluding hydrogens is 110 g/mol. The summed E-state index contributed by atoms with van der Waals surface area (Å²) in [4.78, 5) is 4.21. The fourth-order valence-electron chi connectivity index (χ4n) is 0.173. The number of nitrogens with one attached hydrogen (secondary N) is 1. The number of nitrogens with two attached hydrogens (primary N) is 1. The molecule has 0 heterocycles. The van der Waals surface area contributed by atoms with Crippen LogP contribution in [-0.2, 0) is 4.94 Å². The molecule has 0 aliphatic carbocycles. The zero-order valence-electron chi connectivity index (χ0n) is 4.92. The van der Waals surface area contributed by atoms with E-state index in [1.165, 1.54) is 14.0 Å². The van der Waals surface area contributed by atoms with Crippen LogP contribution in [0.3, 0.4) is 0 Å². The Bertz CT molecular complexity index is 58.5. The van der Waals surface area contributed by atoms with Gasteiger partial charge in [-0.15, -0.1) is 0 Å². The largest absolute Gasteiger partial charge is 0.759 e. The fourth-order valence-corrected chi connectivity index (χ4v) is 0.173. The quantitative estimate of drug-likeness (QED) is 0.375. The van der Waals surface area contributed by atoms with Gasteiger partial charge in [-0.3, -0.25) is 0 Å². The van der Waals surface area contributed by atoms with Gasteiger partial charge in [0.15, 0.2) is 0 Å². The number of hydrogen-bond donors (Lipinski definition) is 2. The molecule has 0 rings (SSSR count). The van der Waals surface area contributed by atoms with Gasteiger partial charge in [0.25, 0.3) is 0 Å². The number of nitrogens with zero attached hydrogens (tertiary/aromatic N) is 1. The molecular formula is C3H10N3O2-. The molecule has 0 amide bonds. The maximum Gasteiger partial charge on any atom is 0.0674 e. The molecule has 0 aromatic rings. The summed E-state index contributed by atoms with van der Waals surface area (Å²) in [5.41, 5.74) is 7.25. The Labute approximate surface area is 47.9 Å². The van der Waals surface area contributed by atoms with Gasteiger partial charge < -0.3 is 10.9 Å². The minimum atomic E-state index is -0.637. The summed E-state index contributed by atoms with van der Waals surface area (Å²) in [7, 11) is 1.48. The third kappa shape index (κ3) is 2.89. The molecule has 0 saturated carbocycles. The van der Waals surface area contributed by atoms with Crippen LogP contribution in [0.4, 0.5) is 0 Å². The first-order valence-corrected chi connectivity index (χ1v) is 2.24. The van der Waals surface area contributed by atoms with Crippen molar-refractivity contribution < 1.29 is 4.94 Å². The topological polar surface area (TPSA) is 73.6 Å². The highest BCUT2D eigenvalue weighted by Gasteiger charge is 1.93. The van der Waals surface area contributed by atoms with E-state index in [0.717, 1.165) is 0 Å². The molecule has 1 unspecified atom stereocenters. The molecule has 1 atom stereocenters. The maximum atomic E-state index is 10.2. The van der Waals surface area contributed by atoms with Crippen molar-refractivity contribution in [3.63, 3.8) is 0 Å². The predicted octanol–water partition coefficient (Wildman–Crippen LogP) is -0.843. The van der Waals surface area contributed by atoms with E-state index < -0.39 is 6.17 Å². The van der Waals surface area contributed by atoms with E-state index in [1.54, 1.807) is 0 Å². The van der Waals surface area contributed by atoms with Crippen LogP contribution in [0.25, 0.3) is 0 Å². The molecule has 0 spiro atoms. The molecule has 3 N–H and O–H groups in total. The summed E-state index contributed by atoms with van der Waals surface area (Å²) < 4.78 is 0. The number of rotatable bonds is 3. The molecule has 0 fully saturated rings. The Kier molecular flexibility index (Phi) is 3.67. The maximum absolute atomic E-state index is 10.2. The third-order valence-corrected chi connectivity index (χ3v) is 0.514. The van der Waals surface area contributed by atoms with Crippen molar-refractivity contribution in [3.05, 3.63) is 5.21 Å². The van der Waals surface area contributed by atoms with Gasteiger partial charge in [-0.1, -0.05) is 0 Å². The standard InChI is InChI=1S/C3H10N3O2/c1-3(4)6(7)8-5-2/h3,5H,4H2,1-2H3/q-1. The molecule has 5 nitrogen and oxygen atoms in total. The second-order valence-electron chi connectivity index (χ2n) is 1.32. The summed E-state index contributed by atoms with van der Waals surface area (Å²) in [5, 5.41) is 10.5. The average molecular weight is 120 g/mol. The Balaban J connectivity index is 3.17. The highest BCUT2D eigenvalue weighted by Crippen LogP contribution is 1.84. The third-order valence-electron chi connectivity index (χ3n) is 0.514. The van der Waals surface area contributed by atoms with Gasteiger partial charge in [0.2, 0.25) is 0 Å². The van der Waals surface area contributed by atoms with Crippen molar-refractivity contribution in [1.29, 1.82) is 0 Å². The van der Waals surface area contributed by atoms with Crippen molar-refractivity contribution in [2.24, 2.45) is 5.73 Å². The normalized spacial score (nSPS) is 14.6. The molecule has 0 aliphatic heterocycles. The molecule has 0 aromatic heterocycles. The first-order chi connectivity index (χ1) is 3.68. The van der Waals surface area contributed by atoms with E-state index in [2.05, 4.69) is 10.4 Å². The summed E-state index contributed by atoms with van der Waals surface area (Å²) in [6, 6.07) is 0. The van der Waals surface area contributed by atoms with E-state index in [1.807, 2.05) is 0 Å². The van der Waals surface area contributed by atoms with Gasteiger partial charge in [0.05, 0.1) is 6.17 Å². The van der Waals surface area contributed by atoms with Crippen molar-refractivity contribution in [2.45, 2.75) is 13.1 Å². The van der Waals surface area contributed by atoms with Crippen LogP contribution >= 0.6 is 0 Å². The Morgan fingerprint density at radius 2 is 2.38 bits per heavy atom. The minimum absolute atomic E-state index is 0.264. The highest BCUT2D eigenvalue weighted by molar-refractivity contribution is 4.46. The van der Waals surface area contributed by atoms with E-state index in [9.17, 15) is 5.21 Å². The monoisotopic (exact) mass is 120 g/mol. The summed E-state index contributed by atoms with van der Waals surface area (Å²) in [5.74, 6) is 0. The molecule has 0 radical (unpaired) electrons. The minimum Gasteiger partial charge on any atom is -0.759 e. The lowest BCUT2D eigenvalue weighted by molar-refractivity contribution is -0.189. The van der Waals surface area contributed by atoms with Crippen LogP contribution in [0.1, 0.15) is 6.92 Å².